The first-order valence-corrected chi connectivity index (χ1v) is 8.81. The third kappa shape index (κ3) is 4.27. The second-order valence-electron chi connectivity index (χ2n) is 6.32. The predicted molar refractivity (Wildman–Crippen MR) is 107 cm³/mol. The SMILES string of the molecule is COc1ccc(N2C(=O)C(=O)N(CC(=O)Nc3ccc(NC(C)=O)cc3)C2=O)cc1. The van der Waals surface area contributed by atoms with Gasteiger partial charge in [0, 0.05) is 18.3 Å². The zero-order valence-corrected chi connectivity index (χ0v) is 16.2. The molecule has 6 amide bonds. The molecule has 10 nitrogen and oxygen atoms in total. The summed E-state index contributed by atoms with van der Waals surface area (Å²) in [5.41, 5.74) is 1.13. The number of hydrogen-bond donors (Lipinski definition) is 2. The molecule has 0 aromatic heterocycles. The molecule has 2 aromatic carbocycles. The molecule has 1 heterocycles. The van der Waals surface area contributed by atoms with Crippen LogP contribution in [-0.2, 0) is 19.2 Å². The molecular weight excluding hydrogens is 392 g/mol. The van der Waals surface area contributed by atoms with Gasteiger partial charge in [0.05, 0.1) is 12.8 Å². The lowest BCUT2D eigenvalue weighted by Gasteiger charge is -2.15. The fourth-order valence-electron chi connectivity index (χ4n) is 2.79. The molecule has 2 aromatic rings. The van der Waals surface area contributed by atoms with Crippen molar-refractivity contribution in [2.45, 2.75) is 6.92 Å². The van der Waals surface area contributed by atoms with E-state index < -0.39 is 30.3 Å². The second-order valence-corrected chi connectivity index (χ2v) is 6.32. The van der Waals surface area contributed by atoms with Crippen molar-refractivity contribution < 1.29 is 28.7 Å². The normalized spacial score (nSPS) is 13.5. The van der Waals surface area contributed by atoms with E-state index in [0.717, 1.165) is 0 Å². The van der Waals surface area contributed by atoms with Crippen molar-refractivity contribution in [3.63, 3.8) is 0 Å². The van der Waals surface area contributed by atoms with Gasteiger partial charge in [0.1, 0.15) is 12.3 Å². The van der Waals surface area contributed by atoms with E-state index in [-0.39, 0.29) is 11.6 Å². The fraction of sp³-hybridized carbons (Fsp3) is 0.150. The predicted octanol–water partition coefficient (Wildman–Crippen LogP) is 1.59. The van der Waals surface area contributed by atoms with E-state index in [2.05, 4.69) is 10.6 Å². The van der Waals surface area contributed by atoms with E-state index >= 15 is 0 Å². The minimum Gasteiger partial charge on any atom is -0.497 e. The van der Waals surface area contributed by atoms with E-state index in [4.69, 9.17) is 4.74 Å². The van der Waals surface area contributed by atoms with Crippen LogP contribution in [0.5, 0.6) is 5.75 Å². The minimum atomic E-state index is -1.09. The number of imide groups is 2. The maximum absolute atomic E-state index is 12.6. The molecule has 30 heavy (non-hydrogen) atoms. The third-order valence-electron chi connectivity index (χ3n) is 4.17. The van der Waals surface area contributed by atoms with Crippen LogP contribution in [-0.4, -0.2) is 48.2 Å². The second kappa shape index (κ2) is 8.43. The number of methoxy groups -OCH3 is 1. The summed E-state index contributed by atoms with van der Waals surface area (Å²) in [4.78, 5) is 61.7. The molecule has 0 unspecified atom stereocenters. The molecule has 1 aliphatic heterocycles. The van der Waals surface area contributed by atoms with Crippen molar-refractivity contribution in [3.05, 3.63) is 48.5 Å². The maximum atomic E-state index is 12.6. The average Bonchev–Trinajstić information content (AvgIpc) is 2.92. The minimum absolute atomic E-state index is 0.190. The summed E-state index contributed by atoms with van der Waals surface area (Å²) in [5.74, 6) is -2.51. The Morgan fingerprint density at radius 3 is 1.97 bits per heavy atom. The molecule has 154 valence electrons. The van der Waals surface area contributed by atoms with E-state index in [1.54, 1.807) is 36.4 Å². The zero-order chi connectivity index (χ0) is 21.8. The lowest BCUT2D eigenvalue weighted by atomic mass is 10.2. The number of anilines is 3. The molecule has 2 N–H and O–H groups in total. The molecule has 0 radical (unpaired) electrons. The Hall–Kier alpha value is -4.21. The van der Waals surface area contributed by atoms with Gasteiger partial charge in [-0.2, -0.15) is 0 Å². The van der Waals surface area contributed by atoms with Crippen LogP contribution in [0.3, 0.4) is 0 Å². The zero-order valence-electron chi connectivity index (χ0n) is 16.2. The first-order valence-electron chi connectivity index (χ1n) is 8.81. The van der Waals surface area contributed by atoms with Gasteiger partial charge in [-0.1, -0.05) is 0 Å². The molecule has 3 rings (SSSR count). The highest BCUT2D eigenvalue weighted by atomic mass is 16.5. The van der Waals surface area contributed by atoms with Crippen LogP contribution in [0.1, 0.15) is 6.92 Å². The Morgan fingerprint density at radius 1 is 0.867 bits per heavy atom. The summed E-state index contributed by atoms with van der Waals surface area (Å²) >= 11 is 0. The number of benzene rings is 2. The Morgan fingerprint density at radius 2 is 1.43 bits per heavy atom. The Balaban J connectivity index is 1.67. The highest BCUT2D eigenvalue weighted by Crippen LogP contribution is 2.24. The molecule has 1 saturated heterocycles. The molecule has 10 heteroatoms. The van der Waals surface area contributed by atoms with Crippen molar-refractivity contribution in [2.75, 3.05) is 29.2 Å². The molecule has 1 aliphatic rings. The van der Waals surface area contributed by atoms with Gasteiger partial charge >= 0.3 is 17.8 Å². The number of urea groups is 1. The van der Waals surface area contributed by atoms with Gasteiger partial charge < -0.3 is 15.4 Å². The van der Waals surface area contributed by atoms with Gasteiger partial charge in [0.25, 0.3) is 0 Å². The van der Waals surface area contributed by atoms with Crippen LogP contribution >= 0.6 is 0 Å². The number of nitrogens with zero attached hydrogens (tertiary/aromatic N) is 2. The lowest BCUT2D eigenvalue weighted by molar-refractivity contribution is -0.140. The maximum Gasteiger partial charge on any atom is 0.339 e. The summed E-state index contributed by atoms with van der Waals surface area (Å²) in [6, 6.07) is 11.4. The van der Waals surface area contributed by atoms with E-state index in [0.29, 0.717) is 26.9 Å². The number of rotatable bonds is 6. The smallest absolute Gasteiger partial charge is 0.339 e. The molecule has 0 spiro atoms. The Bertz CT molecular complexity index is 1020. The largest absolute Gasteiger partial charge is 0.497 e. The first-order chi connectivity index (χ1) is 14.3. The Kier molecular flexibility index (Phi) is 5.77. The van der Waals surface area contributed by atoms with E-state index in [1.807, 2.05) is 0 Å². The van der Waals surface area contributed by atoms with Crippen LogP contribution in [0.4, 0.5) is 21.9 Å². The molecule has 0 saturated carbocycles. The summed E-state index contributed by atoms with van der Waals surface area (Å²) < 4.78 is 5.02. The van der Waals surface area contributed by atoms with Gasteiger partial charge in [0.15, 0.2) is 0 Å². The van der Waals surface area contributed by atoms with Gasteiger partial charge in [-0.15, -0.1) is 0 Å². The van der Waals surface area contributed by atoms with Gasteiger partial charge in [-0.05, 0) is 48.5 Å². The quantitative estimate of drug-likeness (QED) is 0.550. The summed E-state index contributed by atoms with van der Waals surface area (Å²) in [5, 5.41) is 5.12. The number of ether oxygens (including phenoxy) is 1. The number of carbonyl (C=O) groups is 5. The van der Waals surface area contributed by atoms with Crippen LogP contribution in [0.15, 0.2) is 48.5 Å². The van der Waals surface area contributed by atoms with Gasteiger partial charge in [-0.3, -0.25) is 19.2 Å². The highest BCUT2D eigenvalue weighted by molar-refractivity contribution is 6.53. The summed E-state index contributed by atoms with van der Waals surface area (Å²) in [6.07, 6.45) is 0. The number of hydrogen-bond acceptors (Lipinski definition) is 6. The summed E-state index contributed by atoms with van der Waals surface area (Å²) in [6.45, 7) is 0.750. The van der Waals surface area contributed by atoms with Crippen molar-refractivity contribution in [3.8, 4) is 5.75 Å². The van der Waals surface area contributed by atoms with Crippen LogP contribution < -0.4 is 20.3 Å². The van der Waals surface area contributed by atoms with Crippen LogP contribution in [0.25, 0.3) is 0 Å². The van der Waals surface area contributed by atoms with E-state index in [9.17, 15) is 24.0 Å². The monoisotopic (exact) mass is 410 g/mol. The lowest BCUT2D eigenvalue weighted by Crippen LogP contribution is -2.39. The van der Waals surface area contributed by atoms with Gasteiger partial charge in [-0.25, -0.2) is 14.6 Å². The van der Waals surface area contributed by atoms with Crippen LogP contribution in [0.2, 0.25) is 0 Å². The third-order valence-corrected chi connectivity index (χ3v) is 4.17. The molecule has 0 atom stereocenters. The first kappa shape index (κ1) is 20.5. The molecule has 0 bridgehead atoms. The highest BCUT2D eigenvalue weighted by Gasteiger charge is 2.46. The standard InChI is InChI=1S/C20H18N4O6/c1-12(25)21-13-3-5-14(6-4-13)22-17(26)11-23-18(27)19(28)24(20(23)29)15-7-9-16(30-2)10-8-15/h3-10H,11H2,1-2H3,(H,21,25)(H,22,26). The topological polar surface area (TPSA) is 125 Å². The molecular formula is C20H18N4O6. The van der Waals surface area contributed by atoms with Crippen molar-refractivity contribution in [1.82, 2.24) is 4.90 Å². The van der Waals surface area contributed by atoms with E-state index in [1.165, 1.54) is 26.2 Å². The van der Waals surface area contributed by atoms with Crippen molar-refractivity contribution in [2.24, 2.45) is 0 Å². The molecule has 0 aliphatic carbocycles. The van der Waals surface area contributed by atoms with Crippen molar-refractivity contribution >= 4 is 46.7 Å². The average molecular weight is 410 g/mol. The number of amides is 6. The summed E-state index contributed by atoms with van der Waals surface area (Å²) in [7, 11) is 1.47. The molecule has 1 fully saturated rings. The number of nitrogens with one attached hydrogen (secondary N) is 2. The van der Waals surface area contributed by atoms with Gasteiger partial charge in [0.2, 0.25) is 11.8 Å². The van der Waals surface area contributed by atoms with Crippen LogP contribution in [0, 0.1) is 0 Å². The fourth-order valence-corrected chi connectivity index (χ4v) is 2.79. The number of carbonyl (C=O) groups excluding carboxylic acids is 5. The Labute approximate surface area is 171 Å². The van der Waals surface area contributed by atoms with Crippen molar-refractivity contribution in [1.29, 1.82) is 0 Å².